The normalized spacial score (nSPS) is 17.4. The van der Waals surface area contributed by atoms with Crippen LogP contribution < -0.4 is 19.9 Å². The van der Waals surface area contributed by atoms with Crippen LogP contribution in [0.25, 0.3) is 0 Å². The Bertz CT molecular complexity index is 1400. The number of thioether (sulfide) groups is 1. The molecule has 2 amide bonds. The molecule has 3 aromatic carbocycles. The van der Waals surface area contributed by atoms with Crippen LogP contribution >= 0.6 is 24.0 Å². The molecule has 2 heterocycles. The van der Waals surface area contributed by atoms with Crippen LogP contribution in [0.5, 0.6) is 5.75 Å². The second-order valence-corrected chi connectivity index (χ2v) is 11.8. The number of hydrogen-bond donors (Lipinski definition) is 1. The Morgan fingerprint density at radius 3 is 2.37 bits per heavy atom. The van der Waals surface area contributed by atoms with E-state index in [4.69, 9.17) is 17.0 Å². The van der Waals surface area contributed by atoms with Gasteiger partial charge in [-0.25, -0.2) is 0 Å². The van der Waals surface area contributed by atoms with E-state index in [9.17, 15) is 9.59 Å². The van der Waals surface area contributed by atoms with Crippen molar-refractivity contribution in [1.29, 1.82) is 0 Å². The third-order valence-electron chi connectivity index (χ3n) is 7.82. The molecule has 0 radical (unpaired) electrons. The van der Waals surface area contributed by atoms with E-state index >= 15 is 0 Å². The molecule has 0 aromatic heterocycles. The molecule has 10 heteroatoms. The van der Waals surface area contributed by atoms with Gasteiger partial charge in [-0.1, -0.05) is 24.3 Å². The van der Waals surface area contributed by atoms with Crippen molar-refractivity contribution in [3.8, 4) is 5.75 Å². The van der Waals surface area contributed by atoms with E-state index in [0.717, 1.165) is 55.5 Å². The van der Waals surface area contributed by atoms with Gasteiger partial charge >= 0.3 is 0 Å². The molecule has 226 valence electrons. The largest absolute Gasteiger partial charge is 0.494 e. The number of anilines is 3. The molecule has 2 saturated heterocycles. The van der Waals surface area contributed by atoms with Crippen LogP contribution in [0.1, 0.15) is 19.8 Å². The number of para-hydroxylation sites is 1. The standard InChI is InChI=1S/C33H39N5O3S2/c1-3-41-28-15-13-25(14-16-28)34-31(39)24-30-32(40)38(27-11-7-12-29(23-27)43-2)33(42)37(30)18-8-17-35-19-21-36(22-20-35)26-9-5-4-6-10-26/h4-7,9-16,23,30H,3,8,17-22,24H2,1-2H3,(H,34,39)/t30-/m1/s1. The maximum Gasteiger partial charge on any atom is 0.256 e. The highest BCUT2D eigenvalue weighted by atomic mass is 32.2. The number of nitrogens with zero attached hydrogens (tertiary/aromatic N) is 4. The number of amides is 2. The maximum atomic E-state index is 13.8. The van der Waals surface area contributed by atoms with Crippen molar-refractivity contribution in [2.24, 2.45) is 0 Å². The summed E-state index contributed by atoms with van der Waals surface area (Å²) < 4.78 is 5.50. The Labute approximate surface area is 264 Å². The minimum Gasteiger partial charge on any atom is -0.494 e. The van der Waals surface area contributed by atoms with E-state index in [1.807, 2.05) is 60.5 Å². The Hall–Kier alpha value is -3.60. The topological polar surface area (TPSA) is 68.4 Å². The summed E-state index contributed by atoms with van der Waals surface area (Å²) in [4.78, 5) is 36.5. The fourth-order valence-corrected chi connectivity index (χ4v) is 6.46. The number of carbonyl (C=O) groups is 2. The molecule has 0 aliphatic carbocycles. The van der Waals surface area contributed by atoms with Crippen molar-refractivity contribution in [3.63, 3.8) is 0 Å². The minimum atomic E-state index is -0.664. The van der Waals surface area contributed by atoms with Gasteiger partial charge in [0.15, 0.2) is 5.11 Å². The van der Waals surface area contributed by atoms with E-state index < -0.39 is 6.04 Å². The van der Waals surface area contributed by atoms with Crippen molar-refractivity contribution in [2.45, 2.75) is 30.7 Å². The summed E-state index contributed by atoms with van der Waals surface area (Å²) in [5, 5.41) is 3.40. The number of piperazine rings is 1. The Kier molecular flexibility index (Phi) is 10.6. The molecule has 2 aliphatic heterocycles. The van der Waals surface area contributed by atoms with Gasteiger partial charge in [0.1, 0.15) is 11.8 Å². The summed E-state index contributed by atoms with van der Waals surface area (Å²) in [7, 11) is 0. The molecule has 1 atom stereocenters. The van der Waals surface area contributed by atoms with E-state index in [0.29, 0.717) is 24.0 Å². The summed E-state index contributed by atoms with van der Waals surface area (Å²) in [6.07, 6.45) is 2.86. The van der Waals surface area contributed by atoms with Crippen LogP contribution in [0.2, 0.25) is 0 Å². The van der Waals surface area contributed by atoms with Gasteiger partial charge in [-0.05, 0) is 93.0 Å². The quantitative estimate of drug-likeness (QED) is 0.216. The summed E-state index contributed by atoms with van der Waals surface area (Å²) in [5.74, 6) is 0.348. The Balaban J connectivity index is 1.23. The van der Waals surface area contributed by atoms with E-state index in [-0.39, 0.29) is 18.2 Å². The zero-order valence-electron chi connectivity index (χ0n) is 24.8. The third-order valence-corrected chi connectivity index (χ3v) is 8.97. The van der Waals surface area contributed by atoms with Crippen molar-refractivity contribution in [3.05, 3.63) is 78.9 Å². The average Bonchev–Trinajstić information content (AvgIpc) is 3.26. The molecule has 3 aromatic rings. The summed E-state index contributed by atoms with van der Waals surface area (Å²) in [6.45, 7) is 7.95. The SMILES string of the molecule is CCOc1ccc(NC(=O)C[C@@H]2C(=O)N(c3cccc(SC)c3)C(=S)N2CCCN2CCN(c3ccccc3)CC2)cc1. The first-order valence-electron chi connectivity index (χ1n) is 14.8. The third kappa shape index (κ3) is 7.68. The van der Waals surface area contributed by atoms with Gasteiger partial charge < -0.3 is 19.9 Å². The monoisotopic (exact) mass is 617 g/mol. The van der Waals surface area contributed by atoms with Gasteiger partial charge in [-0.2, -0.15) is 0 Å². The van der Waals surface area contributed by atoms with Crippen molar-refractivity contribution < 1.29 is 14.3 Å². The highest BCUT2D eigenvalue weighted by molar-refractivity contribution is 7.98. The summed E-state index contributed by atoms with van der Waals surface area (Å²) in [5.41, 5.74) is 2.66. The Morgan fingerprint density at radius 1 is 0.953 bits per heavy atom. The molecule has 2 fully saturated rings. The second-order valence-electron chi connectivity index (χ2n) is 10.6. The van der Waals surface area contributed by atoms with Crippen LogP contribution in [0.15, 0.2) is 83.8 Å². The lowest BCUT2D eigenvalue weighted by Gasteiger charge is -2.36. The molecule has 0 unspecified atom stereocenters. The summed E-state index contributed by atoms with van der Waals surface area (Å²) in [6, 6.07) is 24.9. The van der Waals surface area contributed by atoms with Crippen molar-refractivity contribution >= 4 is 58.0 Å². The van der Waals surface area contributed by atoms with Crippen LogP contribution in [0.3, 0.4) is 0 Å². The zero-order valence-corrected chi connectivity index (χ0v) is 26.4. The fraction of sp³-hybridized carbons (Fsp3) is 0.364. The second kappa shape index (κ2) is 14.7. The zero-order chi connectivity index (χ0) is 30.2. The smallest absolute Gasteiger partial charge is 0.256 e. The van der Waals surface area contributed by atoms with Crippen molar-refractivity contribution in [1.82, 2.24) is 9.80 Å². The number of benzene rings is 3. The van der Waals surface area contributed by atoms with Crippen LogP contribution in [0, 0.1) is 0 Å². The number of thiocarbonyl (C=S) groups is 1. The first-order valence-corrected chi connectivity index (χ1v) is 16.4. The predicted molar refractivity (Wildman–Crippen MR) is 179 cm³/mol. The molecule has 5 rings (SSSR count). The van der Waals surface area contributed by atoms with E-state index in [2.05, 4.69) is 39.4 Å². The predicted octanol–water partition coefficient (Wildman–Crippen LogP) is 5.35. The highest BCUT2D eigenvalue weighted by Gasteiger charge is 2.44. The van der Waals surface area contributed by atoms with Gasteiger partial charge in [0.2, 0.25) is 5.91 Å². The van der Waals surface area contributed by atoms with Crippen LogP contribution in [0.4, 0.5) is 17.1 Å². The lowest BCUT2D eigenvalue weighted by Crippen LogP contribution is -2.47. The van der Waals surface area contributed by atoms with Crippen LogP contribution in [-0.4, -0.2) is 84.9 Å². The molecule has 8 nitrogen and oxygen atoms in total. The van der Waals surface area contributed by atoms with Crippen LogP contribution in [-0.2, 0) is 9.59 Å². The number of carbonyl (C=O) groups excluding carboxylic acids is 2. The van der Waals surface area contributed by atoms with Crippen molar-refractivity contribution in [2.75, 3.05) is 67.2 Å². The first-order chi connectivity index (χ1) is 21.0. The average molecular weight is 618 g/mol. The molecule has 2 aliphatic rings. The first kappa shape index (κ1) is 30.8. The number of ether oxygens (including phenoxy) is 1. The highest BCUT2D eigenvalue weighted by Crippen LogP contribution is 2.30. The number of nitrogens with one attached hydrogen (secondary N) is 1. The molecular weight excluding hydrogens is 579 g/mol. The molecule has 0 spiro atoms. The van der Waals surface area contributed by atoms with Gasteiger partial charge in [0.05, 0.1) is 18.7 Å². The minimum absolute atomic E-state index is 0.0145. The maximum absolute atomic E-state index is 13.8. The van der Waals surface area contributed by atoms with Gasteiger partial charge in [0.25, 0.3) is 5.91 Å². The molecule has 0 saturated carbocycles. The molecule has 1 N–H and O–H groups in total. The molecule has 0 bridgehead atoms. The lowest BCUT2D eigenvalue weighted by atomic mass is 10.1. The lowest BCUT2D eigenvalue weighted by molar-refractivity contribution is -0.124. The van der Waals surface area contributed by atoms with Gasteiger partial charge in [0, 0.05) is 49.0 Å². The fourth-order valence-electron chi connectivity index (χ4n) is 5.60. The molecule has 43 heavy (non-hydrogen) atoms. The van der Waals surface area contributed by atoms with E-state index in [1.165, 1.54) is 5.69 Å². The molecular formula is C33H39N5O3S2. The van der Waals surface area contributed by atoms with Gasteiger partial charge in [-0.15, -0.1) is 11.8 Å². The number of hydrogen-bond acceptors (Lipinski definition) is 7. The Morgan fingerprint density at radius 2 is 1.67 bits per heavy atom. The number of rotatable bonds is 12. The van der Waals surface area contributed by atoms with Gasteiger partial charge in [-0.3, -0.25) is 19.4 Å². The van der Waals surface area contributed by atoms with E-state index in [1.54, 1.807) is 28.8 Å². The summed E-state index contributed by atoms with van der Waals surface area (Å²) >= 11 is 7.51.